The van der Waals surface area contributed by atoms with Crippen LogP contribution in [0.1, 0.15) is 11.9 Å². The van der Waals surface area contributed by atoms with Crippen LogP contribution in [-0.4, -0.2) is 33.5 Å². The van der Waals surface area contributed by atoms with E-state index in [0.29, 0.717) is 26.4 Å². The molecule has 122 valence electrons. The molecule has 0 radical (unpaired) electrons. The molecule has 1 aliphatic rings. The van der Waals surface area contributed by atoms with E-state index < -0.39 is 0 Å². The highest BCUT2D eigenvalue weighted by molar-refractivity contribution is 5.31. The summed E-state index contributed by atoms with van der Waals surface area (Å²) in [6.07, 6.45) is -0.248. The lowest BCUT2D eigenvalue weighted by Crippen LogP contribution is -2.09. The molecule has 0 N–H and O–H groups in total. The lowest BCUT2D eigenvalue weighted by atomic mass is 10.2. The van der Waals surface area contributed by atoms with Gasteiger partial charge in [0.1, 0.15) is 30.5 Å². The Balaban J connectivity index is 1.41. The van der Waals surface area contributed by atoms with Crippen molar-refractivity contribution < 1.29 is 23.7 Å². The van der Waals surface area contributed by atoms with Crippen molar-refractivity contribution in [2.24, 2.45) is 0 Å². The molecule has 2 aromatic carbocycles. The quantitative estimate of drug-likeness (QED) is 0.734. The molecule has 1 fully saturated rings. The molecule has 0 bridgehead atoms. The standard InChI is InChI=1S/C18H20O5/c1-19-15-6-8-17(9-7-15)21-11-10-20-16-4-2-14(3-5-16)18-22-12-13-23-18/h2-9,18H,10-13H2,1H3. The van der Waals surface area contributed by atoms with Crippen LogP contribution in [-0.2, 0) is 9.47 Å². The van der Waals surface area contributed by atoms with Gasteiger partial charge in [0, 0.05) is 5.56 Å². The summed E-state index contributed by atoms with van der Waals surface area (Å²) in [6, 6.07) is 15.2. The molecule has 0 atom stereocenters. The zero-order chi connectivity index (χ0) is 15.9. The van der Waals surface area contributed by atoms with E-state index in [9.17, 15) is 0 Å². The average molecular weight is 316 g/mol. The number of hydrogen-bond donors (Lipinski definition) is 0. The van der Waals surface area contributed by atoms with Crippen LogP contribution < -0.4 is 14.2 Å². The SMILES string of the molecule is COc1ccc(OCCOc2ccc(C3OCCO3)cc2)cc1. The topological polar surface area (TPSA) is 46.2 Å². The van der Waals surface area contributed by atoms with Gasteiger partial charge in [-0.15, -0.1) is 0 Å². The van der Waals surface area contributed by atoms with Crippen molar-refractivity contribution in [2.45, 2.75) is 6.29 Å². The van der Waals surface area contributed by atoms with Crippen molar-refractivity contribution in [3.63, 3.8) is 0 Å². The molecule has 0 saturated carbocycles. The molecule has 1 saturated heterocycles. The monoisotopic (exact) mass is 316 g/mol. The Kier molecular flexibility index (Phi) is 5.34. The fraction of sp³-hybridized carbons (Fsp3) is 0.333. The third-order valence-electron chi connectivity index (χ3n) is 3.45. The summed E-state index contributed by atoms with van der Waals surface area (Å²) in [5.74, 6) is 2.40. The van der Waals surface area contributed by atoms with Gasteiger partial charge < -0.3 is 23.7 Å². The Morgan fingerprint density at radius 3 is 1.78 bits per heavy atom. The van der Waals surface area contributed by atoms with Crippen molar-refractivity contribution in [2.75, 3.05) is 33.5 Å². The fourth-order valence-corrected chi connectivity index (χ4v) is 2.26. The number of rotatable bonds is 7. The maximum absolute atomic E-state index is 5.66. The summed E-state index contributed by atoms with van der Waals surface area (Å²) in [7, 11) is 1.64. The summed E-state index contributed by atoms with van der Waals surface area (Å²) >= 11 is 0. The summed E-state index contributed by atoms with van der Waals surface area (Å²) in [4.78, 5) is 0. The Morgan fingerprint density at radius 1 is 0.783 bits per heavy atom. The van der Waals surface area contributed by atoms with Crippen LogP contribution in [0.25, 0.3) is 0 Å². The lowest BCUT2D eigenvalue weighted by molar-refractivity contribution is -0.0441. The molecule has 1 heterocycles. The van der Waals surface area contributed by atoms with Gasteiger partial charge in [-0.05, 0) is 36.4 Å². The van der Waals surface area contributed by atoms with E-state index in [0.717, 1.165) is 22.8 Å². The maximum atomic E-state index is 5.66. The van der Waals surface area contributed by atoms with Crippen molar-refractivity contribution in [1.29, 1.82) is 0 Å². The normalized spacial score (nSPS) is 14.7. The predicted octanol–water partition coefficient (Wildman–Crippen LogP) is 3.20. The summed E-state index contributed by atoms with van der Waals surface area (Å²) in [6.45, 7) is 2.24. The maximum Gasteiger partial charge on any atom is 0.184 e. The summed E-state index contributed by atoms with van der Waals surface area (Å²) in [5.41, 5.74) is 1.00. The molecule has 0 aliphatic carbocycles. The fourth-order valence-electron chi connectivity index (χ4n) is 2.26. The molecular formula is C18H20O5. The minimum Gasteiger partial charge on any atom is -0.497 e. The van der Waals surface area contributed by atoms with Crippen LogP contribution in [0.4, 0.5) is 0 Å². The van der Waals surface area contributed by atoms with Crippen LogP contribution in [0.2, 0.25) is 0 Å². The van der Waals surface area contributed by atoms with E-state index in [2.05, 4.69) is 0 Å². The van der Waals surface area contributed by atoms with Crippen molar-refractivity contribution in [1.82, 2.24) is 0 Å². The van der Waals surface area contributed by atoms with E-state index >= 15 is 0 Å². The second-order valence-corrected chi connectivity index (χ2v) is 5.01. The van der Waals surface area contributed by atoms with E-state index in [4.69, 9.17) is 23.7 Å². The predicted molar refractivity (Wildman–Crippen MR) is 85.1 cm³/mol. The van der Waals surface area contributed by atoms with Crippen LogP contribution in [0, 0.1) is 0 Å². The van der Waals surface area contributed by atoms with Crippen molar-refractivity contribution >= 4 is 0 Å². The van der Waals surface area contributed by atoms with E-state index in [1.807, 2.05) is 48.5 Å². The highest BCUT2D eigenvalue weighted by Crippen LogP contribution is 2.25. The largest absolute Gasteiger partial charge is 0.497 e. The van der Waals surface area contributed by atoms with Gasteiger partial charge in [0.05, 0.1) is 20.3 Å². The molecule has 0 spiro atoms. The van der Waals surface area contributed by atoms with Gasteiger partial charge >= 0.3 is 0 Å². The van der Waals surface area contributed by atoms with Crippen LogP contribution in [0.5, 0.6) is 17.2 Å². The Labute approximate surface area is 135 Å². The molecule has 5 heteroatoms. The van der Waals surface area contributed by atoms with E-state index in [1.165, 1.54) is 0 Å². The molecule has 0 unspecified atom stereocenters. The Morgan fingerprint density at radius 2 is 1.26 bits per heavy atom. The molecule has 0 amide bonds. The van der Waals surface area contributed by atoms with Crippen LogP contribution >= 0.6 is 0 Å². The minimum absolute atomic E-state index is 0.248. The van der Waals surface area contributed by atoms with E-state index in [1.54, 1.807) is 7.11 Å². The minimum atomic E-state index is -0.248. The van der Waals surface area contributed by atoms with E-state index in [-0.39, 0.29) is 6.29 Å². The van der Waals surface area contributed by atoms with Crippen molar-refractivity contribution in [3.05, 3.63) is 54.1 Å². The van der Waals surface area contributed by atoms with Gasteiger partial charge in [-0.2, -0.15) is 0 Å². The first kappa shape index (κ1) is 15.6. The van der Waals surface area contributed by atoms with Crippen LogP contribution in [0.15, 0.2) is 48.5 Å². The summed E-state index contributed by atoms with van der Waals surface area (Å²) in [5, 5.41) is 0. The first-order chi connectivity index (χ1) is 11.3. The van der Waals surface area contributed by atoms with Gasteiger partial charge in [-0.25, -0.2) is 0 Å². The lowest BCUT2D eigenvalue weighted by Gasteiger charge is -2.11. The second kappa shape index (κ2) is 7.85. The highest BCUT2D eigenvalue weighted by Gasteiger charge is 2.17. The number of methoxy groups -OCH3 is 1. The number of benzene rings is 2. The third kappa shape index (κ3) is 4.37. The Hall–Kier alpha value is -2.24. The number of hydrogen-bond acceptors (Lipinski definition) is 5. The molecular weight excluding hydrogens is 296 g/mol. The smallest absolute Gasteiger partial charge is 0.184 e. The first-order valence-electron chi connectivity index (χ1n) is 7.58. The molecule has 23 heavy (non-hydrogen) atoms. The highest BCUT2D eigenvalue weighted by atomic mass is 16.7. The van der Waals surface area contributed by atoms with Gasteiger partial charge in [0.15, 0.2) is 6.29 Å². The average Bonchev–Trinajstić information content (AvgIpc) is 3.14. The van der Waals surface area contributed by atoms with Gasteiger partial charge in [0.25, 0.3) is 0 Å². The third-order valence-corrected chi connectivity index (χ3v) is 3.45. The number of ether oxygens (including phenoxy) is 5. The molecule has 2 aromatic rings. The molecule has 1 aliphatic heterocycles. The Bertz CT molecular complexity index is 588. The first-order valence-corrected chi connectivity index (χ1v) is 7.58. The summed E-state index contributed by atoms with van der Waals surface area (Å²) < 4.78 is 27.3. The molecule has 3 rings (SSSR count). The van der Waals surface area contributed by atoms with Gasteiger partial charge in [-0.1, -0.05) is 12.1 Å². The van der Waals surface area contributed by atoms with Crippen LogP contribution in [0.3, 0.4) is 0 Å². The second-order valence-electron chi connectivity index (χ2n) is 5.01. The zero-order valence-corrected chi connectivity index (χ0v) is 13.1. The van der Waals surface area contributed by atoms with Crippen molar-refractivity contribution in [3.8, 4) is 17.2 Å². The molecule has 5 nitrogen and oxygen atoms in total. The van der Waals surface area contributed by atoms with Gasteiger partial charge in [-0.3, -0.25) is 0 Å². The zero-order valence-electron chi connectivity index (χ0n) is 13.1. The molecule has 0 aromatic heterocycles. The van der Waals surface area contributed by atoms with Gasteiger partial charge in [0.2, 0.25) is 0 Å².